The quantitative estimate of drug-likeness (QED) is 0.830. The predicted octanol–water partition coefficient (Wildman–Crippen LogP) is 0.699. The van der Waals surface area contributed by atoms with Gasteiger partial charge in [0.2, 0.25) is 5.91 Å². The van der Waals surface area contributed by atoms with Crippen LogP contribution in [0.4, 0.5) is 0 Å². The zero-order chi connectivity index (χ0) is 16.1. The van der Waals surface area contributed by atoms with Crippen molar-refractivity contribution in [2.45, 2.75) is 19.9 Å². The highest BCUT2D eigenvalue weighted by Crippen LogP contribution is 2.13. The van der Waals surface area contributed by atoms with E-state index < -0.39 is 0 Å². The minimum absolute atomic E-state index is 0.0723. The molecule has 0 N–H and O–H groups in total. The number of carbonyl (C=O) groups excluding carboxylic acids is 1. The van der Waals surface area contributed by atoms with Gasteiger partial charge in [-0.15, -0.1) is 0 Å². The van der Waals surface area contributed by atoms with Gasteiger partial charge < -0.3 is 9.64 Å². The number of hydrogen-bond acceptors (Lipinski definition) is 5. The summed E-state index contributed by atoms with van der Waals surface area (Å²) in [4.78, 5) is 22.8. The summed E-state index contributed by atoms with van der Waals surface area (Å²) in [5, 5.41) is 4.09. The summed E-state index contributed by atoms with van der Waals surface area (Å²) in [6.07, 6.45) is 5.85. The Bertz CT molecular complexity index is 644. The third-order valence-corrected chi connectivity index (χ3v) is 3.91. The van der Waals surface area contributed by atoms with Crippen molar-refractivity contribution < 1.29 is 9.53 Å². The van der Waals surface area contributed by atoms with Gasteiger partial charge >= 0.3 is 0 Å². The largest absolute Gasteiger partial charge is 0.379 e. The summed E-state index contributed by atoms with van der Waals surface area (Å²) in [6, 6.07) is 3.81. The lowest BCUT2D eigenvalue weighted by Crippen LogP contribution is -2.38. The van der Waals surface area contributed by atoms with Crippen molar-refractivity contribution in [1.82, 2.24) is 24.6 Å². The molecule has 0 aliphatic carbocycles. The molecule has 3 rings (SSSR count). The van der Waals surface area contributed by atoms with Crippen molar-refractivity contribution in [2.24, 2.45) is 5.92 Å². The van der Waals surface area contributed by atoms with Crippen molar-refractivity contribution in [2.75, 3.05) is 26.3 Å². The zero-order valence-corrected chi connectivity index (χ0v) is 13.3. The van der Waals surface area contributed by atoms with Crippen LogP contribution in [0.5, 0.6) is 0 Å². The first-order valence-electron chi connectivity index (χ1n) is 7.81. The van der Waals surface area contributed by atoms with E-state index in [0.29, 0.717) is 26.3 Å². The van der Waals surface area contributed by atoms with E-state index in [0.717, 1.165) is 17.8 Å². The van der Waals surface area contributed by atoms with E-state index in [2.05, 4.69) is 15.1 Å². The molecule has 2 aromatic rings. The van der Waals surface area contributed by atoms with Gasteiger partial charge in [0.15, 0.2) is 0 Å². The lowest BCUT2D eigenvalue weighted by atomic mass is 10.0. The van der Waals surface area contributed by atoms with Crippen LogP contribution in [0.1, 0.15) is 11.4 Å². The molecule has 0 spiro atoms. The average molecular weight is 315 g/mol. The highest BCUT2D eigenvalue weighted by Gasteiger charge is 2.23. The molecule has 1 saturated heterocycles. The normalized spacial score (nSPS) is 18.7. The number of hydrogen-bond donors (Lipinski definition) is 0. The number of rotatable bonds is 4. The van der Waals surface area contributed by atoms with Crippen molar-refractivity contribution >= 4 is 5.91 Å². The fourth-order valence-corrected chi connectivity index (χ4v) is 2.78. The topological polar surface area (TPSA) is 73.1 Å². The van der Waals surface area contributed by atoms with E-state index in [9.17, 15) is 4.79 Å². The summed E-state index contributed by atoms with van der Waals surface area (Å²) < 4.78 is 7.32. The molecule has 7 nitrogen and oxygen atoms in total. The minimum atomic E-state index is 0.0723. The molecule has 1 amide bonds. The molecule has 7 heteroatoms. The Hall–Kier alpha value is -2.28. The zero-order valence-electron chi connectivity index (χ0n) is 13.3. The molecule has 1 aliphatic rings. The molecule has 0 bridgehead atoms. The van der Waals surface area contributed by atoms with Crippen LogP contribution in [0.25, 0.3) is 0 Å². The predicted molar refractivity (Wildman–Crippen MR) is 83.6 cm³/mol. The molecule has 1 atom stereocenters. The molecule has 3 heterocycles. The van der Waals surface area contributed by atoms with E-state index >= 15 is 0 Å². The molecular formula is C16H21N5O2. The third-order valence-electron chi connectivity index (χ3n) is 3.91. The van der Waals surface area contributed by atoms with E-state index in [1.807, 2.05) is 24.0 Å². The van der Waals surface area contributed by atoms with Crippen LogP contribution in [0, 0.1) is 12.8 Å². The Kier molecular flexibility index (Phi) is 4.97. The SMILES string of the molecule is Cc1cc(CC2COCCN(C(=O)Cn3cccn3)C2)ncn1. The number of carbonyl (C=O) groups is 1. The molecule has 122 valence electrons. The van der Waals surface area contributed by atoms with Gasteiger partial charge in [0.1, 0.15) is 12.9 Å². The molecule has 0 radical (unpaired) electrons. The number of ether oxygens (including phenoxy) is 1. The average Bonchev–Trinajstić information content (AvgIpc) is 2.92. The van der Waals surface area contributed by atoms with Crippen LogP contribution in [0.3, 0.4) is 0 Å². The maximum Gasteiger partial charge on any atom is 0.244 e. The first-order chi connectivity index (χ1) is 11.2. The van der Waals surface area contributed by atoms with Crippen molar-refractivity contribution in [3.05, 3.63) is 42.2 Å². The number of nitrogens with zero attached hydrogens (tertiary/aromatic N) is 5. The van der Waals surface area contributed by atoms with E-state index in [-0.39, 0.29) is 18.4 Å². The van der Waals surface area contributed by atoms with E-state index in [1.165, 1.54) is 0 Å². The van der Waals surface area contributed by atoms with Gasteiger partial charge in [0, 0.05) is 42.8 Å². The van der Waals surface area contributed by atoms with Crippen LogP contribution in [-0.4, -0.2) is 56.9 Å². The fourth-order valence-electron chi connectivity index (χ4n) is 2.78. The highest BCUT2D eigenvalue weighted by atomic mass is 16.5. The molecule has 0 aromatic carbocycles. The molecular weight excluding hydrogens is 294 g/mol. The Morgan fingerprint density at radius 1 is 1.43 bits per heavy atom. The molecule has 1 unspecified atom stereocenters. The van der Waals surface area contributed by atoms with Crippen molar-refractivity contribution in [3.8, 4) is 0 Å². The number of amides is 1. The second-order valence-electron chi connectivity index (χ2n) is 5.84. The van der Waals surface area contributed by atoms with Crippen LogP contribution < -0.4 is 0 Å². The Balaban J connectivity index is 1.62. The summed E-state index contributed by atoms with van der Waals surface area (Å²) in [5.41, 5.74) is 1.95. The monoisotopic (exact) mass is 315 g/mol. The first-order valence-corrected chi connectivity index (χ1v) is 7.81. The Morgan fingerprint density at radius 3 is 3.13 bits per heavy atom. The lowest BCUT2D eigenvalue weighted by Gasteiger charge is -2.23. The van der Waals surface area contributed by atoms with Gasteiger partial charge in [-0.2, -0.15) is 5.10 Å². The Morgan fingerprint density at radius 2 is 2.35 bits per heavy atom. The van der Waals surface area contributed by atoms with Crippen LogP contribution in [0.15, 0.2) is 30.9 Å². The van der Waals surface area contributed by atoms with Crippen molar-refractivity contribution in [3.63, 3.8) is 0 Å². The summed E-state index contributed by atoms with van der Waals surface area (Å²) >= 11 is 0. The van der Waals surface area contributed by atoms with Gasteiger partial charge in [-0.3, -0.25) is 9.48 Å². The maximum absolute atomic E-state index is 12.5. The van der Waals surface area contributed by atoms with Crippen LogP contribution >= 0.6 is 0 Å². The molecule has 1 aliphatic heterocycles. The van der Waals surface area contributed by atoms with E-state index in [1.54, 1.807) is 23.4 Å². The number of aromatic nitrogens is 4. The van der Waals surface area contributed by atoms with Gasteiger partial charge in [-0.25, -0.2) is 9.97 Å². The maximum atomic E-state index is 12.5. The minimum Gasteiger partial charge on any atom is -0.379 e. The lowest BCUT2D eigenvalue weighted by molar-refractivity contribution is -0.132. The molecule has 1 fully saturated rings. The molecule has 23 heavy (non-hydrogen) atoms. The standard InChI is InChI=1S/C16H21N5O2/c1-13-7-15(18-12-17-13)8-14-9-20(5-6-23-11-14)16(22)10-21-4-2-3-19-21/h2-4,7,12,14H,5-6,8-11H2,1H3. The van der Waals surface area contributed by atoms with Gasteiger partial charge in [0.25, 0.3) is 0 Å². The highest BCUT2D eigenvalue weighted by molar-refractivity contribution is 5.75. The van der Waals surface area contributed by atoms with Gasteiger partial charge in [0.05, 0.1) is 13.2 Å². The smallest absolute Gasteiger partial charge is 0.244 e. The number of aryl methyl sites for hydroxylation is 1. The van der Waals surface area contributed by atoms with E-state index in [4.69, 9.17) is 4.74 Å². The van der Waals surface area contributed by atoms with Crippen molar-refractivity contribution in [1.29, 1.82) is 0 Å². The van der Waals surface area contributed by atoms with Crippen LogP contribution in [-0.2, 0) is 22.5 Å². The second-order valence-corrected chi connectivity index (χ2v) is 5.84. The van der Waals surface area contributed by atoms with Crippen LogP contribution in [0.2, 0.25) is 0 Å². The summed E-state index contributed by atoms with van der Waals surface area (Å²) in [7, 11) is 0. The summed E-state index contributed by atoms with van der Waals surface area (Å²) in [5.74, 6) is 0.316. The fraction of sp³-hybridized carbons (Fsp3) is 0.500. The van der Waals surface area contributed by atoms with Gasteiger partial charge in [-0.1, -0.05) is 0 Å². The third kappa shape index (κ3) is 4.35. The Labute approximate surface area is 135 Å². The molecule has 2 aromatic heterocycles. The van der Waals surface area contributed by atoms with Gasteiger partial charge in [-0.05, 0) is 25.5 Å². The second kappa shape index (κ2) is 7.32. The molecule has 0 saturated carbocycles. The summed E-state index contributed by atoms with van der Waals surface area (Å²) in [6.45, 7) is 4.75. The first kappa shape index (κ1) is 15.6.